The Labute approximate surface area is 117 Å². The van der Waals surface area contributed by atoms with Gasteiger partial charge in [-0.2, -0.15) is 0 Å². The summed E-state index contributed by atoms with van der Waals surface area (Å²) < 4.78 is 7.35. The molecule has 2 aromatic heterocycles. The molecule has 0 saturated carbocycles. The molecule has 0 bridgehead atoms. The van der Waals surface area contributed by atoms with Crippen molar-refractivity contribution in [1.29, 1.82) is 0 Å². The molecule has 0 fully saturated rings. The molecule has 4 heteroatoms. The Hall–Kier alpha value is -2.49. The summed E-state index contributed by atoms with van der Waals surface area (Å²) in [5.74, 6) is 1.51. The van der Waals surface area contributed by atoms with Crippen LogP contribution in [0, 0.1) is 6.92 Å². The van der Waals surface area contributed by atoms with Gasteiger partial charge in [-0.05, 0) is 55.8 Å². The van der Waals surface area contributed by atoms with Gasteiger partial charge >= 0.3 is 0 Å². The van der Waals surface area contributed by atoms with Crippen molar-refractivity contribution in [2.45, 2.75) is 13.8 Å². The Bertz CT molecular complexity index is 744. The maximum absolute atomic E-state index is 6.19. The number of nitrogens with two attached hydrogens (primary N) is 1. The fourth-order valence-electron chi connectivity index (χ4n) is 2.25. The molecule has 0 saturated heterocycles. The number of aryl methyl sites for hydroxylation is 1. The number of pyridine rings is 1. The van der Waals surface area contributed by atoms with Gasteiger partial charge in [-0.15, -0.1) is 0 Å². The number of ether oxygens (including phenoxy) is 1. The van der Waals surface area contributed by atoms with Gasteiger partial charge in [-0.3, -0.25) is 4.40 Å². The van der Waals surface area contributed by atoms with Gasteiger partial charge in [0.1, 0.15) is 22.9 Å². The normalized spacial score (nSPS) is 10.9. The topological polar surface area (TPSA) is 52.5 Å². The van der Waals surface area contributed by atoms with Crippen LogP contribution in [0.5, 0.6) is 5.75 Å². The third-order valence-corrected chi connectivity index (χ3v) is 3.26. The minimum Gasteiger partial charge on any atom is -0.494 e. The predicted molar refractivity (Wildman–Crippen MR) is 80.9 cm³/mol. The van der Waals surface area contributed by atoms with Gasteiger partial charge in [0.05, 0.1) is 6.61 Å². The quantitative estimate of drug-likeness (QED) is 0.792. The first-order valence-corrected chi connectivity index (χ1v) is 6.66. The number of hydrogen-bond acceptors (Lipinski definition) is 3. The van der Waals surface area contributed by atoms with E-state index in [-0.39, 0.29) is 0 Å². The summed E-state index contributed by atoms with van der Waals surface area (Å²) in [5.41, 5.74) is 10.0. The number of rotatable bonds is 3. The van der Waals surface area contributed by atoms with Crippen LogP contribution in [0.15, 0.2) is 42.6 Å². The highest BCUT2D eigenvalue weighted by Crippen LogP contribution is 2.28. The molecule has 0 spiro atoms. The molecule has 0 aliphatic rings. The van der Waals surface area contributed by atoms with Crippen molar-refractivity contribution in [3.05, 3.63) is 48.2 Å². The molecule has 1 aromatic carbocycles. The van der Waals surface area contributed by atoms with Gasteiger partial charge in [0, 0.05) is 11.8 Å². The summed E-state index contributed by atoms with van der Waals surface area (Å²) in [7, 11) is 0. The molecule has 102 valence electrons. The van der Waals surface area contributed by atoms with E-state index < -0.39 is 0 Å². The highest BCUT2D eigenvalue weighted by molar-refractivity contribution is 5.75. The summed E-state index contributed by atoms with van der Waals surface area (Å²) in [6, 6.07) is 11.9. The van der Waals surface area contributed by atoms with Crippen molar-refractivity contribution in [3.8, 4) is 17.0 Å². The molecular formula is C16H17N3O. The fourth-order valence-corrected chi connectivity index (χ4v) is 2.25. The van der Waals surface area contributed by atoms with Gasteiger partial charge in [-0.25, -0.2) is 4.98 Å². The van der Waals surface area contributed by atoms with Crippen molar-refractivity contribution in [3.63, 3.8) is 0 Å². The van der Waals surface area contributed by atoms with Crippen LogP contribution in [-0.4, -0.2) is 16.0 Å². The second-order valence-corrected chi connectivity index (χ2v) is 4.74. The molecule has 0 aliphatic heterocycles. The van der Waals surface area contributed by atoms with Crippen LogP contribution in [0.2, 0.25) is 0 Å². The van der Waals surface area contributed by atoms with E-state index in [4.69, 9.17) is 10.5 Å². The zero-order valence-corrected chi connectivity index (χ0v) is 11.6. The lowest BCUT2D eigenvalue weighted by Crippen LogP contribution is -1.94. The monoisotopic (exact) mass is 267 g/mol. The third kappa shape index (κ3) is 2.09. The number of anilines is 1. The van der Waals surface area contributed by atoms with E-state index in [1.807, 2.05) is 60.8 Å². The van der Waals surface area contributed by atoms with Crippen LogP contribution in [0.1, 0.15) is 12.5 Å². The van der Waals surface area contributed by atoms with Crippen LogP contribution < -0.4 is 10.5 Å². The molecule has 0 amide bonds. The molecule has 20 heavy (non-hydrogen) atoms. The van der Waals surface area contributed by atoms with Gasteiger partial charge in [0.25, 0.3) is 0 Å². The smallest absolute Gasteiger partial charge is 0.139 e. The van der Waals surface area contributed by atoms with E-state index in [1.165, 1.54) is 5.56 Å². The maximum atomic E-state index is 6.19. The van der Waals surface area contributed by atoms with Gasteiger partial charge in [0.15, 0.2) is 0 Å². The zero-order chi connectivity index (χ0) is 14.1. The minimum atomic E-state index is 0.657. The average Bonchev–Trinajstić information content (AvgIpc) is 2.77. The molecule has 3 aromatic rings. The Morgan fingerprint density at radius 1 is 1.20 bits per heavy atom. The van der Waals surface area contributed by atoms with Crippen LogP contribution in [0.4, 0.5) is 5.82 Å². The second kappa shape index (κ2) is 4.89. The molecule has 0 atom stereocenters. The van der Waals surface area contributed by atoms with Gasteiger partial charge < -0.3 is 10.5 Å². The molecule has 3 rings (SSSR count). The first-order valence-electron chi connectivity index (χ1n) is 6.66. The highest BCUT2D eigenvalue weighted by Gasteiger charge is 2.11. The molecule has 2 heterocycles. The van der Waals surface area contributed by atoms with Crippen LogP contribution in [-0.2, 0) is 0 Å². The Morgan fingerprint density at radius 2 is 1.95 bits per heavy atom. The Balaban J connectivity index is 2.07. The molecule has 2 N–H and O–H groups in total. The lowest BCUT2D eigenvalue weighted by atomic mass is 10.1. The van der Waals surface area contributed by atoms with Crippen LogP contribution in [0.3, 0.4) is 0 Å². The minimum absolute atomic E-state index is 0.657. The summed E-state index contributed by atoms with van der Waals surface area (Å²) in [4.78, 5) is 4.62. The van der Waals surface area contributed by atoms with Crippen LogP contribution in [0.25, 0.3) is 16.9 Å². The standard InChI is InChI=1S/C16H17N3O/c1-3-20-13-6-4-12(5-7-13)15-16(17)19-9-8-11(2)10-14(19)18-15/h4-10H,3,17H2,1-2H3. The van der Waals surface area contributed by atoms with Crippen molar-refractivity contribution in [2.24, 2.45) is 0 Å². The van der Waals surface area contributed by atoms with Crippen molar-refractivity contribution >= 4 is 11.5 Å². The molecule has 0 unspecified atom stereocenters. The van der Waals surface area contributed by atoms with Crippen molar-refractivity contribution < 1.29 is 4.74 Å². The van der Waals surface area contributed by atoms with E-state index >= 15 is 0 Å². The zero-order valence-electron chi connectivity index (χ0n) is 11.6. The molecule has 4 nitrogen and oxygen atoms in total. The first-order chi connectivity index (χ1) is 9.69. The van der Waals surface area contributed by atoms with Gasteiger partial charge in [0.2, 0.25) is 0 Å². The highest BCUT2D eigenvalue weighted by atomic mass is 16.5. The predicted octanol–water partition coefficient (Wildman–Crippen LogP) is 3.29. The SMILES string of the molecule is CCOc1ccc(-c2nc3cc(C)ccn3c2N)cc1. The molecule has 0 radical (unpaired) electrons. The van der Waals surface area contributed by atoms with Gasteiger partial charge in [-0.1, -0.05) is 0 Å². The van der Waals surface area contributed by atoms with Crippen molar-refractivity contribution in [1.82, 2.24) is 9.38 Å². The molecule has 0 aliphatic carbocycles. The number of imidazole rings is 1. The second-order valence-electron chi connectivity index (χ2n) is 4.74. The summed E-state index contributed by atoms with van der Waals surface area (Å²) in [5, 5.41) is 0. The number of nitrogens with zero attached hydrogens (tertiary/aromatic N) is 2. The van der Waals surface area contributed by atoms with E-state index in [2.05, 4.69) is 4.98 Å². The number of hydrogen-bond donors (Lipinski definition) is 1. The number of fused-ring (bicyclic) bond motifs is 1. The number of aromatic nitrogens is 2. The largest absolute Gasteiger partial charge is 0.494 e. The first kappa shape index (κ1) is 12.5. The fraction of sp³-hybridized carbons (Fsp3) is 0.188. The summed E-state index contributed by atoms with van der Waals surface area (Å²) in [6.07, 6.45) is 1.95. The number of nitrogen functional groups attached to an aromatic ring is 1. The number of benzene rings is 1. The van der Waals surface area contributed by atoms with E-state index in [0.717, 1.165) is 22.7 Å². The molecular weight excluding hydrogens is 250 g/mol. The Kier molecular flexibility index (Phi) is 3.06. The summed E-state index contributed by atoms with van der Waals surface area (Å²) >= 11 is 0. The summed E-state index contributed by atoms with van der Waals surface area (Å²) in [6.45, 7) is 4.67. The van der Waals surface area contributed by atoms with E-state index in [0.29, 0.717) is 12.4 Å². The van der Waals surface area contributed by atoms with E-state index in [1.54, 1.807) is 0 Å². The Morgan fingerprint density at radius 3 is 2.65 bits per heavy atom. The average molecular weight is 267 g/mol. The van der Waals surface area contributed by atoms with E-state index in [9.17, 15) is 0 Å². The maximum Gasteiger partial charge on any atom is 0.139 e. The van der Waals surface area contributed by atoms with Crippen molar-refractivity contribution in [2.75, 3.05) is 12.3 Å². The lowest BCUT2D eigenvalue weighted by Gasteiger charge is -2.04. The third-order valence-electron chi connectivity index (χ3n) is 3.26. The van der Waals surface area contributed by atoms with Crippen LogP contribution >= 0.6 is 0 Å². The lowest BCUT2D eigenvalue weighted by molar-refractivity contribution is 0.340.